The van der Waals surface area contributed by atoms with Crippen LogP contribution in [0.25, 0.3) is 22.2 Å². The van der Waals surface area contributed by atoms with Crippen LogP contribution in [0.1, 0.15) is 30.1 Å². The summed E-state index contributed by atoms with van der Waals surface area (Å²) in [7, 11) is 0. The molecule has 0 saturated carbocycles. The summed E-state index contributed by atoms with van der Waals surface area (Å²) in [5, 5.41) is 5.63. The minimum absolute atomic E-state index is 0.285. The monoisotopic (exact) mass is 446 g/mol. The zero-order valence-electron chi connectivity index (χ0n) is 18.0. The van der Waals surface area contributed by atoms with Crippen LogP contribution in [0.5, 0.6) is 0 Å². The summed E-state index contributed by atoms with van der Waals surface area (Å²) in [5.41, 5.74) is 4.45. The molecule has 0 radical (unpaired) electrons. The molecule has 4 nitrogen and oxygen atoms in total. The maximum Gasteiger partial charge on any atom is 0.169 e. The lowest BCUT2D eigenvalue weighted by Gasteiger charge is -2.23. The average Bonchev–Trinajstić information content (AvgIpc) is 3.35. The van der Waals surface area contributed by atoms with Gasteiger partial charge in [0.2, 0.25) is 0 Å². The Morgan fingerprint density at radius 3 is 2.09 bits per heavy atom. The van der Waals surface area contributed by atoms with Crippen LogP contribution in [0.2, 0.25) is 0 Å². The molecular weight excluding hydrogens is 424 g/mol. The van der Waals surface area contributed by atoms with Crippen LogP contribution in [0, 0.1) is 0 Å². The quantitative estimate of drug-likeness (QED) is 0.495. The summed E-state index contributed by atoms with van der Waals surface area (Å²) in [4.78, 5) is 15.1. The molecule has 160 valence electrons. The van der Waals surface area contributed by atoms with E-state index in [2.05, 4.69) is 59.9 Å². The Balaban J connectivity index is 1.49. The van der Waals surface area contributed by atoms with Gasteiger partial charge in [0.25, 0.3) is 0 Å². The number of thiazole rings is 1. The van der Waals surface area contributed by atoms with Crippen molar-refractivity contribution >= 4 is 34.7 Å². The van der Waals surface area contributed by atoms with Gasteiger partial charge in [-0.2, -0.15) is 0 Å². The summed E-state index contributed by atoms with van der Waals surface area (Å²) in [6.07, 6.45) is 3.90. The Labute approximate surface area is 196 Å². The van der Waals surface area contributed by atoms with E-state index in [1.807, 2.05) is 42.5 Å². The molecule has 6 rings (SSSR count). The third-order valence-electron chi connectivity index (χ3n) is 5.85. The molecule has 1 unspecified atom stereocenters. The number of rotatable bonds is 4. The lowest BCUT2D eigenvalue weighted by molar-refractivity contribution is 0.756. The van der Waals surface area contributed by atoms with Crippen molar-refractivity contribution < 1.29 is 0 Å². The van der Waals surface area contributed by atoms with E-state index in [-0.39, 0.29) is 6.17 Å². The first kappa shape index (κ1) is 19.8. The minimum Gasteiger partial charge on any atom is -0.325 e. The zero-order chi connectivity index (χ0) is 22.0. The van der Waals surface area contributed by atoms with Gasteiger partial charge in [0.1, 0.15) is 16.7 Å². The molecule has 1 aliphatic heterocycles. The highest BCUT2D eigenvalue weighted by atomic mass is 32.1. The Morgan fingerprint density at radius 1 is 0.727 bits per heavy atom. The fourth-order valence-corrected chi connectivity index (χ4v) is 5.27. The number of fused-ring (bicyclic) bond motifs is 1. The number of hydrogen-bond donors (Lipinski definition) is 1. The van der Waals surface area contributed by atoms with E-state index in [0.29, 0.717) is 0 Å². The second-order valence-electron chi connectivity index (χ2n) is 8.05. The van der Waals surface area contributed by atoms with Crippen LogP contribution in [0.4, 0.5) is 0 Å². The predicted octanol–water partition coefficient (Wildman–Crippen LogP) is 4.68. The van der Waals surface area contributed by atoms with Crippen LogP contribution in [-0.4, -0.2) is 16.7 Å². The van der Waals surface area contributed by atoms with E-state index in [0.717, 1.165) is 57.1 Å². The first-order valence-electron chi connectivity index (χ1n) is 11.1. The number of nitrogens with zero attached hydrogens (tertiary/aromatic N) is 3. The van der Waals surface area contributed by atoms with Crippen molar-refractivity contribution in [2.75, 3.05) is 0 Å². The number of benzene rings is 3. The molecule has 1 aliphatic carbocycles. The van der Waals surface area contributed by atoms with Gasteiger partial charge in [0.05, 0.1) is 9.88 Å². The molecule has 2 aliphatic rings. The highest BCUT2D eigenvalue weighted by Crippen LogP contribution is 2.26. The average molecular weight is 447 g/mol. The maximum atomic E-state index is 5.06. The molecule has 0 bridgehead atoms. The smallest absolute Gasteiger partial charge is 0.169 e. The van der Waals surface area contributed by atoms with Crippen LogP contribution in [-0.2, 0) is 0 Å². The number of nitrogens with one attached hydrogen (secondary N) is 1. The first-order chi connectivity index (χ1) is 16.3. The fraction of sp³-hybridized carbons (Fsp3) is 0.107. The van der Waals surface area contributed by atoms with Crippen molar-refractivity contribution in [1.82, 2.24) is 10.3 Å². The Hall–Kier alpha value is -3.83. The topological polar surface area (TPSA) is 49.6 Å². The van der Waals surface area contributed by atoms with Gasteiger partial charge < -0.3 is 5.32 Å². The molecule has 0 spiro atoms. The molecule has 1 aromatic heterocycles. The SMILES string of the molecule is C1=c2sc(-c3ccccc3)nc2=C(C2=NC(c3ccccc3)N=C(c3ccccc3)N2)CC1. The van der Waals surface area contributed by atoms with Crippen molar-refractivity contribution in [1.29, 1.82) is 0 Å². The van der Waals surface area contributed by atoms with Crippen LogP contribution >= 0.6 is 11.3 Å². The Kier molecular flexibility index (Phi) is 5.17. The highest BCUT2D eigenvalue weighted by Gasteiger charge is 2.23. The van der Waals surface area contributed by atoms with Gasteiger partial charge in [-0.25, -0.2) is 15.0 Å². The van der Waals surface area contributed by atoms with E-state index in [1.54, 1.807) is 11.3 Å². The fourth-order valence-electron chi connectivity index (χ4n) is 4.21. The largest absolute Gasteiger partial charge is 0.325 e. The van der Waals surface area contributed by atoms with Crippen LogP contribution in [0.15, 0.2) is 101 Å². The summed E-state index contributed by atoms with van der Waals surface area (Å²) < 4.78 is 1.22. The molecule has 0 saturated heterocycles. The van der Waals surface area contributed by atoms with E-state index in [1.165, 1.54) is 4.53 Å². The maximum absolute atomic E-state index is 5.06. The van der Waals surface area contributed by atoms with E-state index < -0.39 is 0 Å². The van der Waals surface area contributed by atoms with Gasteiger partial charge in [0, 0.05) is 16.7 Å². The minimum atomic E-state index is -0.285. The second-order valence-corrected chi connectivity index (χ2v) is 9.08. The Morgan fingerprint density at radius 2 is 1.36 bits per heavy atom. The summed E-state index contributed by atoms with van der Waals surface area (Å²) >= 11 is 1.75. The third kappa shape index (κ3) is 3.92. The van der Waals surface area contributed by atoms with Gasteiger partial charge in [-0.05, 0) is 18.4 Å². The van der Waals surface area contributed by atoms with Gasteiger partial charge >= 0.3 is 0 Å². The molecule has 5 heteroatoms. The van der Waals surface area contributed by atoms with Crippen molar-refractivity contribution in [3.05, 3.63) is 112 Å². The lowest BCUT2D eigenvalue weighted by Crippen LogP contribution is -2.41. The van der Waals surface area contributed by atoms with Crippen molar-refractivity contribution in [3.63, 3.8) is 0 Å². The molecule has 3 aromatic carbocycles. The Bertz CT molecular complexity index is 1470. The molecule has 4 aromatic rings. The van der Waals surface area contributed by atoms with Crippen molar-refractivity contribution in [2.24, 2.45) is 9.98 Å². The highest BCUT2D eigenvalue weighted by molar-refractivity contribution is 7.13. The lowest BCUT2D eigenvalue weighted by atomic mass is 10.0. The molecule has 33 heavy (non-hydrogen) atoms. The van der Waals surface area contributed by atoms with E-state index in [4.69, 9.17) is 15.0 Å². The van der Waals surface area contributed by atoms with Gasteiger partial charge in [-0.15, -0.1) is 11.3 Å². The van der Waals surface area contributed by atoms with E-state index in [9.17, 15) is 0 Å². The summed E-state index contributed by atoms with van der Waals surface area (Å²) in [5.74, 6) is 1.72. The molecule has 2 heterocycles. The summed E-state index contributed by atoms with van der Waals surface area (Å²) in [6.45, 7) is 0. The van der Waals surface area contributed by atoms with Crippen LogP contribution < -0.4 is 15.2 Å². The number of hydrogen-bond acceptors (Lipinski definition) is 5. The molecule has 0 fully saturated rings. The van der Waals surface area contributed by atoms with Gasteiger partial charge in [0.15, 0.2) is 6.17 Å². The number of aromatic nitrogens is 1. The standard InChI is InChI=1S/C28H22N4S/c1-4-11-19(12-5-1)25-30-26(20-13-6-2-7-14-20)32-27(31-25)22-17-10-18-23-24(22)29-28(33-23)21-15-8-3-9-16-21/h1-9,11-16,18,25H,10,17H2,(H,30,31,32). The molecule has 1 atom stereocenters. The normalized spacial score (nSPS) is 17.3. The zero-order valence-corrected chi connectivity index (χ0v) is 18.8. The third-order valence-corrected chi connectivity index (χ3v) is 6.95. The van der Waals surface area contributed by atoms with Gasteiger partial charge in [-0.1, -0.05) is 97.1 Å². The van der Waals surface area contributed by atoms with Crippen LogP contribution in [0.3, 0.4) is 0 Å². The van der Waals surface area contributed by atoms with E-state index >= 15 is 0 Å². The first-order valence-corrected chi connectivity index (χ1v) is 12.0. The summed E-state index contributed by atoms with van der Waals surface area (Å²) in [6, 6.07) is 30.9. The van der Waals surface area contributed by atoms with Crippen molar-refractivity contribution in [3.8, 4) is 10.6 Å². The number of aliphatic imine (C=N–C) groups is 2. The predicted molar refractivity (Wildman–Crippen MR) is 137 cm³/mol. The molecule has 0 amide bonds. The molecule has 1 N–H and O–H groups in total. The van der Waals surface area contributed by atoms with Gasteiger partial charge in [-0.3, -0.25) is 0 Å². The second kappa shape index (κ2) is 8.60. The van der Waals surface area contributed by atoms with Crippen molar-refractivity contribution in [2.45, 2.75) is 19.0 Å². The molecular formula is C28H22N4S. The number of amidine groups is 2.